The van der Waals surface area contributed by atoms with E-state index in [1.54, 1.807) is 0 Å². The van der Waals surface area contributed by atoms with Crippen molar-refractivity contribution < 1.29 is 19.8 Å². The Bertz CT molecular complexity index is 352. The molecule has 6 atom stereocenters. The Morgan fingerprint density at radius 1 is 0.944 bits per heavy atom. The van der Waals surface area contributed by atoms with Crippen molar-refractivity contribution in [3.63, 3.8) is 0 Å². The van der Waals surface area contributed by atoms with Gasteiger partial charge in [-0.15, -0.1) is 0 Å². The summed E-state index contributed by atoms with van der Waals surface area (Å²) in [5.74, 6) is -2.52. The summed E-state index contributed by atoms with van der Waals surface area (Å²) in [5.41, 5.74) is 0. The summed E-state index contributed by atoms with van der Waals surface area (Å²) in [6, 6.07) is 0. The predicted molar refractivity (Wildman–Crippen MR) is 66.0 cm³/mol. The molecule has 0 amide bonds. The van der Waals surface area contributed by atoms with Crippen LogP contribution in [-0.2, 0) is 9.59 Å². The molecule has 0 bridgehead atoms. The molecule has 2 N–H and O–H groups in total. The van der Waals surface area contributed by atoms with Gasteiger partial charge in [0.25, 0.3) is 0 Å². The second-order valence-corrected chi connectivity index (χ2v) is 6.19. The number of hydrogen-bond acceptors (Lipinski definition) is 2. The number of fused-ring (bicyclic) bond motifs is 1. The molecule has 2 aliphatic rings. The van der Waals surface area contributed by atoms with Gasteiger partial charge in [-0.25, -0.2) is 0 Å². The van der Waals surface area contributed by atoms with Crippen LogP contribution >= 0.6 is 0 Å². The highest BCUT2D eigenvalue weighted by Gasteiger charge is 2.52. The Labute approximate surface area is 107 Å². The summed E-state index contributed by atoms with van der Waals surface area (Å²) < 4.78 is 0. The van der Waals surface area contributed by atoms with Gasteiger partial charge in [-0.1, -0.05) is 33.1 Å². The molecule has 2 rings (SSSR count). The zero-order valence-electron chi connectivity index (χ0n) is 11.0. The Hall–Kier alpha value is -1.06. The average Bonchev–Trinajstić information content (AvgIpc) is 2.26. The molecule has 2 aliphatic carbocycles. The van der Waals surface area contributed by atoms with Gasteiger partial charge in [0.05, 0.1) is 11.8 Å². The number of carboxylic acid groups (broad SMARTS) is 2. The van der Waals surface area contributed by atoms with Crippen molar-refractivity contribution in [1.82, 2.24) is 0 Å². The Morgan fingerprint density at radius 3 is 2.11 bits per heavy atom. The minimum Gasteiger partial charge on any atom is -0.481 e. The molecule has 2 fully saturated rings. The highest BCUT2D eigenvalue weighted by atomic mass is 16.4. The van der Waals surface area contributed by atoms with Crippen LogP contribution in [0.2, 0.25) is 0 Å². The first-order valence-electron chi connectivity index (χ1n) is 6.89. The van der Waals surface area contributed by atoms with Crippen molar-refractivity contribution in [2.24, 2.45) is 35.5 Å². The van der Waals surface area contributed by atoms with Crippen molar-refractivity contribution in [1.29, 1.82) is 0 Å². The van der Waals surface area contributed by atoms with Crippen molar-refractivity contribution in [2.75, 3.05) is 0 Å². The average molecular weight is 254 g/mol. The van der Waals surface area contributed by atoms with Crippen LogP contribution in [-0.4, -0.2) is 22.2 Å². The summed E-state index contributed by atoms with van der Waals surface area (Å²) in [7, 11) is 0. The number of hydrogen-bond donors (Lipinski definition) is 2. The van der Waals surface area contributed by atoms with Crippen LogP contribution in [0.15, 0.2) is 0 Å². The number of rotatable bonds is 2. The van der Waals surface area contributed by atoms with E-state index in [0.29, 0.717) is 11.8 Å². The van der Waals surface area contributed by atoms with Crippen molar-refractivity contribution >= 4 is 11.9 Å². The fourth-order valence-corrected chi connectivity index (χ4v) is 4.41. The van der Waals surface area contributed by atoms with Crippen LogP contribution in [0.3, 0.4) is 0 Å². The molecule has 2 saturated carbocycles. The minimum absolute atomic E-state index is 0.0323. The molecule has 0 aliphatic heterocycles. The Kier molecular flexibility index (Phi) is 3.64. The molecule has 0 aromatic rings. The third-order valence-electron chi connectivity index (χ3n) is 5.10. The van der Waals surface area contributed by atoms with Gasteiger partial charge in [0.15, 0.2) is 0 Å². The van der Waals surface area contributed by atoms with Crippen molar-refractivity contribution in [3.05, 3.63) is 0 Å². The van der Waals surface area contributed by atoms with Gasteiger partial charge in [0, 0.05) is 0 Å². The molecule has 102 valence electrons. The van der Waals surface area contributed by atoms with E-state index in [1.165, 1.54) is 0 Å². The minimum atomic E-state index is -0.939. The number of carboxylic acids is 2. The molecule has 6 unspecified atom stereocenters. The van der Waals surface area contributed by atoms with Gasteiger partial charge >= 0.3 is 11.9 Å². The standard InChI is InChI=1S/C14H22O4/c1-7-4-3-5-9-6-8(2)11(13(15)16)12(10(7)9)14(17)18/h7-12H,3-6H2,1-2H3,(H,15,16)(H,17,18). The maximum Gasteiger partial charge on any atom is 0.307 e. The molecular formula is C14H22O4. The molecule has 4 heteroatoms. The summed E-state index contributed by atoms with van der Waals surface area (Å²) >= 11 is 0. The molecule has 0 spiro atoms. The van der Waals surface area contributed by atoms with Crippen molar-refractivity contribution in [2.45, 2.75) is 39.5 Å². The van der Waals surface area contributed by atoms with Crippen LogP contribution < -0.4 is 0 Å². The Morgan fingerprint density at radius 2 is 1.56 bits per heavy atom. The SMILES string of the molecule is CC1CC2CCCC(C)C2C(C(=O)O)C1C(=O)O. The van der Waals surface area contributed by atoms with E-state index in [4.69, 9.17) is 0 Å². The molecule has 0 saturated heterocycles. The lowest BCUT2D eigenvalue weighted by Gasteiger charge is -2.48. The quantitative estimate of drug-likeness (QED) is 0.794. The van der Waals surface area contributed by atoms with Crippen molar-refractivity contribution in [3.8, 4) is 0 Å². The lowest BCUT2D eigenvalue weighted by Crippen LogP contribution is -2.50. The normalized spacial score (nSPS) is 44.1. The van der Waals surface area contributed by atoms with E-state index in [-0.39, 0.29) is 11.8 Å². The topological polar surface area (TPSA) is 74.6 Å². The lowest BCUT2D eigenvalue weighted by molar-refractivity contribution is -0.167. The third kappa shape index (κ3) is 2.13. The van der Waals surface area contributed by atoms with Gasteiger partial charge < -0.3 is 10.2 Å². The van der Waals surface area contributed by atoms with E-state index in [9.17, 15) is 19.8 Å². The van der Waals surface area contributed by atoms with E-state index in [1.807, 2.05) is 6.92 Å². The van der Waals surface area contributed by atoms with Crippen LogP contribution in [0.1, 0.15) is 39.5 Å². The van der Waals surface area contributed by atoms with E-state index in [2.05, 4.69) is 6.92 Å². The van der Waals surface area contributed by atoms with Gasteiger partial charge in [0.2, 0.25) is 0 Å². The molecule has 18 heavy (non-hydrogen) atoms. The summed E-state index contributed by atoms with van der Waals surface area (Å²) in [4.78, 5) is 22.9. The molecule has 0 aromatic carbocycles. The highest BCUT2D eigenvalue weighted by molar-refractivity contribution is 5.80. The van der Waals surface area contributed by atoms with Crippen LogP contribution in [0.4, 0.5) is 0 Å². The summed E-state index contributed by atoms with van der Waals surface area (Å²) in [6.07, 6.45) is 4.12. The fourth-order valence-electron chi connectivity index (χ4n) is 4.41. The maximum atomic E-state index is 11.6. The van der Waals surface area contributed by atoms with Crippen LogP contribution in [0.25, 0.3) is 0 Å². The van der Waals surface area contributed by atoms with E-state index >= 15 is 0 Å². The molecule has 0 aromatic heterocycles. The zero-order chi connectivity index (χ0) is 13.4. The second kappa shape index (κ2) is 4.90. The first kappa shape index (κ1) is 13.4. The van der Waals surface area contributed by atoms with E-state index in [0.717, 1.165) is 25.7 Å². The molecular weight excluding hydrogens is 232 g/mol. The first-order chi connectivity index (χ1) is 8.43. The largest absolute Gasteiger partial charge is 0.481 e. The van der Waals surface area contributed by atoms with Gasteiger partial charge in [-0.2, -0.15) is 0 Å². The lowest BCUT2D eigenvalue weighted by atomic mass is 9.55. The van der Waals surface area contributed by atoms with Gasteiger partial charge in [0.1, 0.15) is 0 Å². The van der Waals surface area contributed by atoms with Crippen LogP contribution in [0, 0.1) is 35.5 Å². The molecule has 0 heterocycles. The summed E-state index contributed by atoms with van der Waals surface area (Å²) in [6.45, 7) is 3.98. The predicted octanol–water partition coefficient (Wildman–Crippen LogP) is 2.48. The number of carbonyl (C=O) groups is 2. The third-order valence-corrected chi connectivity index (χ3v) is 5.10. The molecule has 0 radical (unpaired) electrons. The number of aliphatic carboxylic acids is 2. The highest BCUT2D eigenvalue weighted by Crippen LogP contribution is 2.51. The fraction of sp³-hybridized carbons (Fsp3) is 0.857. The zero-order valence-corrected chi connectivity index (χ0v) is 11.0. The van der Waals surface area contributed by atoms with E-state index < -0.39 is 23.8 Å². The summed E-state index contributed by atoms with van der Waals surface area (Å²) in [5, 5.41) is 18.8. The Balaban J connectivity index is 2.34. The van der Waals surface area contributed by atoms with Gasteiger partial charge in [-0.3, -0.25) is 9.59 Å². The smallest absolute Gasteiger partial charge is 0.307 e. The maximum absolute atomic E-state index is 11.6. The van der Waals surface area contributed by atoms with Crippen LogP contribution in [0.5, 0.6) is 0 Å². The second-order valence-electron chi connectivity index (χ2n) is 6.19. The first-order valence-corrected chi connectivity index (χ1v) is 6.89. The monoisotopic (exact) mass is 254 g/mol. The van der Waals surface area contributed by atoms with Gasteiger partial charge in [-0.05, 0) is 30.1 Å². The molecule has 4 nitrogen and oxygen atoms in total.